The van der Waals surface area contributed by atoms with Crippen molar-refractivity contribution in [1.82, 2.24) is 10.6 Å². The van der Waals surface area contributed by atoms with Crippen LogP contribution in [0.4, 0.5) is 0 Å². The van der Waals surface area contributed by atoms with E-state index in [2.05, 4.69) is 20.1 Å². The van der Waals surface area contributed by atoms with E-state index in [0.717, 1.165) is 12.2 Å². The first-order valence-electron chi connectivity index (χ1n) is 7.05. The van der Waals surface area contributed by atoms with Crippen LogP contribution in [0.5, 0.6) is 0 Å². The van der Waals surface area contributed by atoms with E-state index in [9.17, 15) is 24.0 Å². The van der Waals surface area contributed by atoms with Crippen LogP contribution in [0.25, 0.3) is 0 Å². The van der Waals surface area contributed by atoms with E-state index >= 15 is 0 Å². The quantitative estimate of drug-likeness (QED) is 0.321. The number of rotatable bonds is 7. The molecule has 0 unspecified atom stereocenters. The Morgan fingerprint density at radius 2 is 1.75 bits per heavy atom. The van der Waals surface area contributed by atoms with Crippen molar-refractivity contribution < 1.29 is 38.2 Å². The van der Waals surface area contributed by atoms with E-state index < -0.39 is 42.6 Å². The molecule has 1 atom stereocenters. The number of ether oxygens (including phenoxy) is 3. The van der Waals surface area contributed by atoms with Gasteiger partial charge >= 0.3 is 17.9 Å². The van der Waals surface area contributed by atoms with E-state index in [0.29, 0.717) is 0 Å². The molecule has 1 aliphatic heterocycles. The summed E-state index contributed by atoms with van der Waals surface area (Å²) in [6.07, 6.45) is 1.57. The van der Waals surface area contributed by atoms with Crippen molar-refractivity contribution in [2.24, 2.45) is 5.92 Å². The molecule has 10 nitrogen and oxygen atoms in total. The lowest BCUT2D eigenvalue weighted by molar-refractivity contribution is -0.166. The normalized spacial score (nSPS) is 17.2. The molecule has 2 N–H and O–H groups in total. The Morgan fingerprint density at radius 3 is 2.38 bits per heavy atom. The minimum atomic E-state index is -0.981. The molecule has 0 aromatic carbocycles. The molecule has 132 valence electrons. The molecule has 0 radical (unpaired) electrons. The van der Waals surface area contributed by atoms with Gasteiger partial charge in [0.15, 0.2) is 0 Å². The summed E-state index contributed by atoms with van der Waals surface area (Å²) < 4.78 is 13.9. The van der Waals surface area contributed by atoms with Gasteiger partial charge in [-0.05, 0) is 0 Å². The third kappa shape index (κ3) is 6.90. The Labute approximate surface area is 137 Å². The summed E-state index contributed by atoms with van der Waals surface area (Å²) in [6, 6.07) is -0.981. The van der Waals surface area contributed by atoms with Crippen molar-refractivity contribution >= 4 is 29.7 Å². The zero-order chi connectivity index (χ0) is 18.1. The molecule has 10 heteroatoms. The molecule has 1 fully saturated rings. The minimum Gasteiger partial charge on any atom is -0.460 e. The van der Waals surface area contributed by atoms with Crippen LogP contribution >= 0.6 is 0 Å². The highest BCUT2D eigenvalue weighted by Crippen LogP contribution is 1.97. The number of esters is 3. The zero-order valence-corrected chi connectivity index (χ0v) is 13.2. The molecule has 1 heterocycles. The van der Waals surface area contributed by atoms with Crippen LogP contribution in [-0.4, -0.2) is 55.7 Å². The SMILES string of the molecule is CC(C)C(=O)OCOC(=O)/C=C/C(=O)OC[C@@H]1NC(=O)CNC1=O. The number of hydrogen-bond donors (Lipinski definition) is 2. The van der Waals surface area contributed by atoms with Gasteiger partial charge in [0.05, 0.1) is 12.5 Å². The van der Waals surface area contributed by atoms with Crippen LogP contribution in [0.15, 0.2) is 12.2 Å². The van der Waals surface area contributed by atoms with Crippen LogP contribution in [0.1, 0.15) is 13.8 Å². The topological polar surface area (TPSA) is 137 Å². The summed E-state index contributed by atoms with van der Waals surface area (Å²) in [4.78, 5) is 56.3. The van der Waals surface area contributed by atoms with E-state index in [4.69, 9.17) is 4.74 Å². The van der Waals surface area contributed by atoms with E-state index in [-0.39, 0.29) is 19.1 Å². The number of hydrogen-bond acceptors (Lipinski definition) is 8. The van der Waals surface area contributed by atoms with Gasteiger partial charge in [0.1, 0.15) is 12.6 Å². The predicted molar refractivity (Wildman–Crippen MR) is 76.9 cm³/mol. The Balaban J connectivity index is 2.27. The van der Waals surface area contributed by atoms with Crippen molar-refractivity contribution in [3.05, 3.63) is 12.2 Å². The van der Waals surface area contributed by atoms with Crippen LogP contribution in [-0.2, 0) is 38.2 Å². The standard InChI is InChI=1S/C14H18N2O8/c1-8(2)14(21)24-7-23-12(19)4-3-11(18)22-6-9-13(20)15-5-10(17)16-9/h3-4,8-9H,5-7H2,1-2H3,(H,15,20)(H,16,17)/b4-3+/t9-/m0/s1. The maximum Gasteiger partial charge on any atom is 0.333 e. The van der Waals surface area contributed by atoms with E-state index in [1.54, 1.807) is 13.8 Å². The summed E-state index contributed by atoms with van der Waals surface area (Å²) in [6.45, 7) is 2.17. The number of amides is 2. The van der Waals surface area contributed by atoms with Crippen molar-refractivity contribution in [1.29, 1.82) is 0 Å². The van der Waals surface area contributed by atoms with Gasteiger partial charge in [0, 0.05) is 12.2 Å². The molecular weight excluding hydrogens is 324 g/mol. The lowest BCUT2D eigenvalue weighted by atomic mass is 10.2. The zero-order valence-electron chi connectivity index (χ0n) is 13.2. The summed E-state index contributed by atoms with van der Waals surface area (Å²) in [7, 11) is 0. The van der Waals surface area contributed by atoms with E-state index in [1.165, 1.54) is 0 Å². The molecule has 0 aromatic rings. The molecule has 0 spiro atoms. The van der Waals surface area contributed by atoms with Crippen molar-refractivity contribution in [2.75, 3.05) is 19.9 Å². The summed E-state index contributed by atoms with van der Waals surface area (Å²) in [5.41, 5.74) is 0. The second kappa shape index (κ2) is 9.28. The minimum absolute atomic E-state index is 0.129. The average molecular weight is 342 g/mol. The van der Waals surface area contributed by atoms with Crippen molar-refractivity contribution in [3.8, 4) is 0 Å². The van der Waals surface area contributed by atoms with Gasteiger partial charge in [0.25, 0.3) is 0 Å². The first-order chi connectivity index (χ1) is 11.3. The monoisotopic (exact) mass is 342 g/mol. The first-order valence-corrected chi connectivity index (χ1v) is 7.05. The molecule has 0 aromatic heterocycles. The molecule has 0 bridgehead atoms. The van der Waals surface area contributed by atoms with Crippen LogP contribution in [0.3, 0.4) is 0 Å². The van der Waals surface area contributed by atoms with Gasteiger partial charge in [-0.1, -0.05) is 13.8 Å². The van der Waals surface area contributed by atoms with Crippen LogP contribution in [0, 0.1) is 5.92 Å². The summed E-state index contributed by atoms with van der Waals surface area (Å²) in [5, 5.41) is 4.66. The lowest BCUT2D eigenvalue weighted by Crippen LogP contribution is -2.58. The highest BCUT2D eigenvalue weighted by atomic mass is 16.7. The van der Waals surface area contributed by atoms with Crippen molar-refractivity contribution in [2.45, 2.75) is 19.9 Å². The van der Waals surface area contributed by atoms with Gasteiger partial charge in [0.2, 0.25) is 18.6 Å². The second-order valence-electron chi connectivity index (χ2n) is 5.00. The van der Waals surface area contributed by atoms with Gasteiger partial charge < -0.3 is 24.8 Å². The maximum absolute atomic E-state index is 11.4. The smallest absolute Gasteiger partial charge is 0.333 e. The lowest BCUT2D eigenvalue weighted by Gasteiger charge is -2.22. The third-order valence-electron chi connectivity index (χ3n) is 2.70. The maximum atomic E-state index is 11.4. The predicted octanol–water partition coefficient (Wildman–Crippen LogP) is -1.60. The molecule has 2 amide bonds. The Kier molecular flexibility index (Phi) is 7.40. The number of carbonyl (C=O) groups is 5. The van der Waals surface area contributed by atoms with Gasteiger partial charge in [-0.15, -0.1) is 0 Å². The Bertz CT molecular complexity index is 555. The molecule has 0 saturated carbocycles. The highest BCUT2D eigenvalue weighted by molar-refractivity contribution is 5.95. The molecule has 1 saturated heterocycles. The highest BCUT2D eigenvalue weighted by Gasteiger charge is 2.26. The molecular formula is C14H18N2O8. The Morgan fingerprint density at radius 1 is 1.12 bits per heavy atom. The Hall–Kier alpha value is -2.91. The van der Waals surface area contributed by atoms with E-state index in [1.807, 2.05) is 0 Å². The largest absolute Gasteiger partial charge is 0.460 e. The summed E-state index contributed by atoms with van der Waals surface area (Å²) >= 11 is 0. The number of nitrogens with one attached hydrogen (secondary N) is 2. The number of carbonyl (C=O) groups excluding carboxylic acids is 5. The number of piperazine rings is 1. The fourth-order valence-corrected chi connectivity index (χ4v) is 1.43. The van der Waals surface area contributed by atoms with Gasteiger partial charge in [-0.25, -0.2) is 9.59 Å². The molecule has 1 rings (SSSR count). The van der Waals surface area contributed by atoms with Gasteiger partial charge in [-0.3, -0.25) is 14.4 Å². The molecule has 0 aliphatic carbocycles. The molecule has 1 aliphatic rings. The molecule has 24 heavy (non-hydrogen) atoms. The average Bonchev–Trinajstić information content (AvgIpc) is 2.53. The fourth-order valence-electron chi connectivity index (χ4n) is 1.43. The third-order valence-corrected chi connectivity index (χ3v) is 2.70. The summed E-state index contributed by atoms with van der Waals surface area (Å²) in [5.74, 6) is -3.57. The van der Waals surface area contributed by atoms with Crippen molar-refractivity contribution in [3.63, 3.8) is 0 Å². The van der Waals surface area contributed by atoms with Crippen LogP contribution < -0.4 is 10.6 Å². The first kappa shape index (κ1) is 19.1. The van der Waals surface area contributed by atoms with Crippen LogP contribution in [0.2, 0.25) is 0 Å². The fraction of sp³-hybridized carbons (Fsp3) is 0.500. The second-order valence-corrected chi connectivity index (χ2v) is 5.00. The van der Waals surface area contributed by atoms with Gasteiger partial charge in [-0.2, -0.15) is 0 Å².